The predicted octanol–water partition coefficient (Wildman–Crippen LogP) is 3.88. The van der Waals surface area contributed by atoms with Crippen molar-refractivity contribution in [3.05, 3.63) is 59.2 Å². The Morgan fingerprint density at radius 3 is 1.86 bits per heavy atom. The number of halogens is 6. The van der Waals surface area contributed by atoms with Crippen LogP contribution in [0.25, 0.3) is 0 Å². The number of amides is 1. The van der Waals surface area contributed by atoms with Gasteiger partial charge in [-0.1, -0.05) is 12.1 Å². The Morgan fingerprint density at radius 2 is 1.39 bits per heavy atom. The molecular formula is C16H12F6N2O3S. The molecule has 0 aliphatic rings. The summed E-state index contributed by atoms with van der Waals surface area (Å²) >= 11 is 0. The fraction of sp³-hybridized carbons (Fsp3) is 0.188. The Labute approximate surface area is 155 Å². The normalized spacial score (nSPS) is 12.5. The van der Waals surface area contributed by atoms with Crippen LogP contribution in [0, 0.1) is 0 Å². The lowest BCUT2D eigenvalue weighted by Gasteiger charge is -2.16. The van der Waals surface area contributed by atoms with Crippen LogP contribution in [0.5, 0.6) is 0 Å². The van der Waals surface area contributed by atoms with E-state index >= 15 is 0 Å². The fourth-order valence-corrected chi connectivity index (χ4v) is 3.34. The molecule has 0 aliphatic carbocycles. The predicted molar refractivity (Wildman–Crippen MR) is 87.1 cm³/mol. The van der Waals surface area contributed by atoms with Gasteiger partial charge in [0.1, 0.15) is 0 Å². The molecule has 2 aromatic rings. The summed E-state index contributed by atoms with van der Waals surface area (Å²) in [6.07, 6.45) is -10.4. The SMILES string of the molecule is CNC(=O)c1ccccc1NS(=O)(=O)c1cc(C(F)(F)F)cc(C(F)(F)F)c1. The van der Waals surface area contributed by atoms with Crippen molar-refractivity contribution < 1.29 is 39.6 Å². The van der Waals surface area contributed by atoms with Crippen molar-refractivity contribution in [1.82, 2.24) is 5.32 Å². The summed E-state index contributed by atoms with van der Waals surface area (Å²) in [6.45, 7) is 0. The summed E-state index contributed by atoms with van der Waals surface area (Å²) in [4.78, 5) is 10.5. The average Bonchev–Trinajstić information content (AvgIpc) is 2.59. The molecule has 1 amide bonds. The summed E-state index contributed by atoms with van der Waals surface area (Å²) in [5, 5.41) is 2.23. The van der Waals surface area contributed by atoms with Crippen LogP contribution < -0.4 is 10.0 Å². The highest BCUT2D eigenvalue weighted by Crippen LogP contribution is 2.37. The number of hydrogen-bond acceptors (Lipinski definition) is 3. The van der Waals surface area contributed by atoms with Gasteiger partial charge in [-0.15, -0.1) is 0 Å². The van der Waals surface area contributed by atoms with Gasteiger partial charge < -0.3 is 5.32 Å². The molecule has 0 aromatic heterocycles. The second-order valence-corrected chi connectivity index (χ2v) is 7.15. The van der Waals surface area contributed by atoms with E-state index in [0.717, 1.165) is 6.07 Å². The van der Waals surface area contributed by atoms with Gasteiger partial charge >= 0.3 is 12.4 Å². The minimum atomic E-state index is -5.20. The Kier molecular flexibility index (Phi) is 5.64. The molecule has 2 rings (SSSR count). The molecule has 0 saturated carbocycles. The van der Waals surface area contributed by atoms with Crippen LogP contribution in [0.1, 0.15) is 21.5 Å². The van der Waals surface area contributed by atoms with Crippen molar-refractivity contribution in [3.8, 4) is 0 Å². The van der Waals surface area contributed by atoms with Crippen LogP contribution in [0.2, 0.25) is 0 Å². The number of sulfonamides is 1. The lowest BCUT2D eigenvalue weighted by molar-refractivity contribution is -0.143. The van der Waals surface area contributed by atoms with Crippen LogP contribution in [0.15, 0.2) is 47.4 Å². The zero-order chi connectivity index (χ0) is 21.3. The van der Waals surface area contributed by atoms with E-state index < -0.39 is 44.3 Å². The zero-order valence-corrected chi connectivity index (χ0v) is 14.8. The van der Waals surface area contributed by atoms with Crippen molar-refractivity contribution in [3.63, 3.8) is 0 Å². The Balaban J connectivity index is 2.59. The van der Waals surface area contributed by atoms with Crippen LogP contribution in [0.4, 0.5) is 32.0 Å². The van der Waals surface area contributed by atoms with Gasteiger partial charge in [-0.3, -0.25) is 9.52 Å². The van der Waals surface area contributed by atoms with Crippen molar-refractivity contribution in [1.29, 1.82) is 0 Å². The minimum Gasteiger partial charge on any atom is -0.355 e. The highest BCUT2D eigenvalue weighted by Gasteiger charge is 2.38. The molecule has 28 heavy (non-hydrogen) atoms. The molecular weight excluding hydrogens is 414 g/mol. The van der Waals surface area contributed by atoms with E-state index in [2.05, 4.69) is 5.32 Å². The summed E-state index contributed by atoms with van der Waals surface area (Å²) in [5.41, 5.74) is -4.03. The third-order valence-electron chi connectivity index (χ3n) is 3.51. The van der Waals surface area contributed by atoms with Crippen LogP contribution >= 0.6 is 0 Å². The first-order chi connectivity index (χ1) is 12.8. The van der Waals surface area contributed by atoms with Gasteiger partial charge in [0.15, 0.2) is 0 Å². The van der Waals surface area contributed by atoms with E-state index in [4.69, 9.17) is 0 Å². The number of para-hydroxylation sites is 1. The maximum Gasteiger partial charge on any atom is 0.416 e. The quantitative estimate of drug-likeness (QED) is 0.729. The van der Waals surface area contributed by atoms with Crippen molar-refractivity contribution in [2.45, 2.75) is 17.2 Å². The van der Waals surface area contributed by atoms with Gasteiger partial charge in [0.2, 0.25) is 0 Å². The summed E-state index contributed by atoms with van der Waals surface area (Å²) in [5.74, 6) is -0.710. The van der Waals surface area contributed by atoms with Gasteiger partial charge in [0.25, 0.3) is 15.9 Å². The van der Waals surface area contributed by atoms with Gasteiger partial charge in [0, 0.05) is 7.05 Å². The van der Waals surface area contributed by atoms with E-state index in [0.29, 0.717) is 0 Å². The molecule has 0 spiro atoms. The van der Waals surface area contributed by atoms with Crippen molar-refractivity contribution in [2.75, 3.05) is 11.8 Å². The molecule has 12 heteroatoms. The van der Waals surface area contributed by atoms with Gasteiger partial charge in [-0.05, 0) is 30.3 Å². The lowest BCUT2D eigenvalue weighted by atomic mass is 10.1. The molecule has 2 aromatic carbocycles. The second-order valence-electron chi connectivity index (χ2n) is 5.47. The van der Waals surface area contributed by atoms with E-state index in [9.17, 15) is 39.6 Å². The van der Waals surface area contributed by atoms with E-state index in [-0.39, 0.29) is 29.4 Å². The Bertz CT molecular complexity index is 968. The van der Waals surface area contributed by atoms with Crippen molar-refractivity contribution in [2.24, 2.45) is 0 Å². The molecule has 0 radical (unpaired) electrons. The number of carbonyl (C=O) groups is 1. The Hall–Kier alpha value is -2.76. The maximum atomic E-state index is 12.9. The molecule has 0 unspecified atom stereocenters. The second kappa shape index (κ2) is 7.34. The maximum absolute atomic E-state index is 12.9. The largest absolute Gasteiger partial charge is 0.416 e. The molecule has 0 fully saturated rings. The number of nitrogens with one attached hydrogen (secondary N) is 2. The van der Waals surface area contributed by atoms with Gasteiger partial charge in [-0.25, -0.2) is 8.42 Å². The molecule has 0 atom stereocenters. The number of carbonyl (C=O) groups excluding carboxylic acids is 1. The summed E-state index contributed by atoms with van der Waals surface area (Å²) < 4.78 is 104. The lowest BCUT2D eigenvalue weighted by Crippen LogP contribution is -2.22. The highest BCUT2D eigenvalue weighted by molar-refractivity contribution is 7.92. The first kappa shape index (κ1) is 21.5. The first-order valence-corrected chi connectivity index (χ1v) is 8.87. The van der Waals surface area contributed by atoms with Crippen LogP contribution in [0.3, 0.4) is 0 Å². The Morgan fingerprint density at radius 1 is 0.893 bits per heavy atom. The van der Waals surface area contributed by atoms with E-state index in [1.54, 1.807) is 0 Å². The van der Waals surface area contributed by atoms with Crippen LogP contribution in [-0.4, -0.2) is 21.4 Å². The van der Waals surface area contributed by atoms with Gasteiger partial charge in [-0.2, -0.15) is 26.3 Å². The number of rotatable bonds is 4. The van der Waals surface area contributed by atoms with E-state index in [1.165, 1.54) is 25.2 Å². The van der Waals surface area contributed by atoms with Crippen molar-refractivity contribution >= 4 is 21.6 Å². The van der Waals surface area contributed by atoms with Gasteiger partial charge in [0.05, 0.1) is 27.3 Å². The first-order valence-electron chi connectivity index (χ1n) is 7.39. The fourth-order valence-electron chi connectivity index (χ4n) is 2.19. The highest BCUT2D eigenvalue weighted by atomic mass is 32.2. The topological polar surface area (TPSA) is 75.3 Å². The average molecular weight is 426 g/mol. The van der Waals surface area contributed by atoms with E-state index in [1.807, 2.05) is 4.72 Å². The molecule has 152 valence electrons. The summed E-state index contributed by atoms with van der Waals surface area (Å²) in [6, 6.07) is 5.08. The molecule has 0 bridgehead atoms. The third-order valence-corrected chi connectivity index (χ3v) is 4.86. The monoisotopic (exact) mass is 426 g/mol. The number of alkyl halides is 6. The number of benzene rings is 2. The smallest absolute Gasteiger partial charge is 0.355 e. The number of anilines is 1. The molecule has 0 aliphatic heterocycles. The molecule has 0 saturated heterocycles. The standard InChI is InChI=1S/C16H12F6N2O3S/c1-23-14(25)12-4-2-3-5-13(12)24-28(26,27)11-7-9(15(17,18)19)6-10(8-11)16(20,21)22/h2-8,24H,1H3,(H,23,25). The zero-order valence-electron chi connectivity index (χ0n) is 13.9. The molecule has 5 nitrogen and oxygen atoms in total. The van der Waals surface area contributed by atoms with Crippen LogP contribution in [-0.2, 0) is 22.4 Å². The summed E-state index contributed by atoms with van der Waals surface area (Å²) in [7, 11) is -3.61. The molecule has 0 heterocycles. The third kappa shape index (κ3) is 4.74. The minimum absolute atomic E-state index is 0.0834. The number of hydrogen-bond donors (Lipinski definition) is 2. The molecule has 2 N–H and O–H groups in total.